The summed E-state index contributed by atoms with van der Waals surface area (Å²) < 4.78 is 0. The van der Waals surface area contributed by atoms with Crippen molar-refractivity contribution in [3.8, 4) is 11.4 Å². The number of benzene rings is 1. The van der Waals surface area contributed by atoms with E-state index in [0.717, 1.165) is 42.5 Å². The molecule has 1 aromatic carbocycles. The van der Waals surface area contributed by atoms with Crippen LogP contribution in [0.2, 0.25) is 0 Å². The van der Waals surface area contributed by atoms with Gasteiger partial charge < -0.3 is 10.6 Å². The van der Waals surface area contributed by atoms with E-state index in [1.807, 2.05) is 36.4 Å². The summed E-state index contributed by atoms with van der Waals surface area (Å²) in [6, 6.07) is 12.0. The van der Waals surface area contributed by atoms with Crippen molar-refractivity contribution in [2.45, 2.75) is 27.2 Å². The van der Waals surface area contributed by atoms with Crippen LogP contribution in [-0.4, -0.2) is 23.1 Å². The molecule has 0 aliphatic rings. The molecule has 0 saturated heterocycles. The molecule has 0 fully saturated rings. The Bertz CT molecular complexity index is 554. The van der Waals surface area contributed by atoms with Crippen LogP contribution in [0.25, 0.3) is 11.4 Å². The Balaban J connectivity index is 2.26. The molecular formula is C17H24N4. The monoisotopic (exact) mass is 284 g/mol. The normalized spacial score (nSPS) is 12.0. The van der Waals surface area contributed by atoms with Crippen LogP contribution in [0, 0.1) is 5.92 Å². The van der Waals surface area contributed by atoms with Crippen molar-refractivity contribution in [3.63, 3.8) is 0 Å². The topological polar surface area (TPSA) is 49.8 Å². The maximum atomic E-state index is 4.63. The van der Waals surface area contributed by atoms with Crippen molar-refractivity contribution in [3.05, 3.63) is 36.4 Å². The lowest BCUT2D eigenvalue weighted by Gasteiger charge is -2.13. The van der Waals surface area contributed by atoms with E-state index in [9.17, 15) is 0 Å². The highest BCUT2D eigenvalue weighted by Crippen LogP contribution is 2.20. The van der Waals surface area contributed by atoms with Crippen molar-refractivity contribution < 1.29 is 0 Å². The number of aromatic nitrogens is 2. The molecule has 1 heterocycles. The number of hydrogen-bond donors (Lipinski definition) is 2. The Labute approximate surface area is 127 Å². The zero-order chi connectivity index (χ0) is 15.1. The zero-order valence-electron chi connectivity index (χ0n) is 13.1. The second kappa shape index (κ2) is 7.62. The summed E-state index contributed by atoms with van der Waals surface area (Å²) in [5, 5.41) is 6.68. The highest BCUT2D eigenvalue weighted by atomic mass is 15.1. The van der Waals surface area contributed by atoms with E-state index in [4.69, 9.17) is 0 Å². The minimum atomic E-state index is 0.628. The minimum Gasteiger partial charge on any atom is -0.370 e. The van der Waals surface area contributed by atoms with E-state index in [1.165, 1.54) is 0 Å². The van der Waals surface area contributed by atoms with Gasteiger partial charge in [0.2, 0.25) is 0 Å². The molecule has 0 spiro atoms. The molecule has 4 nitrogen and oxygen atoms in total. The second-order valence-corrected chi connectivity index (χ2v) is 5.25. The number of rotatable bonds is 7. The first-order valence-electron chi connectivity index (χ1n) is 7.65. The predicted octanol–water partition coefficient (Wildman–Crippen LogP) is 4.03. The fraction of sp³-hybridized carbons (Fsp3) is 0.412. The van der Waals surface area contributed by atoms with Gasteiger partial charge in [0.05, 0.1) is 0 Å². The van der Waals surface area contributed by atoms with E-state index in [1.54, 1.807) is 0 Å². The quantitative estimate of drug-likeness (QED) is 0.806. The first kappa shape index (κ1) is 15.3. The van der Waals surface area contributed by atoms with Gasteiger partial charge in [-0.25, -0.2) is 9.97 Å². The van der Waals surface area contributed by atoms with E-state index in [-0.39, 0.29) is 0 Å². The van der Waals surface area contributed by atoms with Gasteiger partial charge in [-0.05, 0) is 12.8 Å². The molecule has 2 N–H and O–H groups in total. The van der Waals surface area contributed by atoms with Crippen molar-refractivity contribution in [1.82, 2.24) is 9.97 Å². The molecule has 0 amide bonds. The maximum absolute atomic E-state index is 4.63. The third-order valence-corrected chi connectivity index (χ3v) is 3.44. The van der Waals surface area contributed by atoms with Crippen LogP contribution in [0.4, 0.5) is 11.6 Å². The Morgan fingerprint density at radius 3 is 2.29 bits per heavy atom. The Hall–Kier alpha value is -2.10. The fourth-order valence-electron chi connectivity index (χ4n) is 1.95. The van der Waals surface area contributed by atoms with Gasteiger partial charge in [0.15, 0.2) is 5.82 Å². The molecule has 1 unspecified atom stereocenters. The second-order valence-electron chi connectivity index (χ2n) is 5.25. The van der Waals surface area contributed by atoms with Gasteiger partial charge in [-0.2, -0.15) is 0 Å². The molecule has 1 aromatic heterocycles. The summed E-state index contributed by atoms with van der Waals surface area (Å²) >= 11 is 0. The Morgan fingerprint density at radius 1 is 1.00 bits per heavy atom. The van der Waals surface area contributed by atoms with Gasteiger partial charge in [-0.3, -0.25) is 0 Å². The molecule has 2 rings (SSSR count). The van der Waals surface area contributed by atoms with E-state index < -0.39 is 0 Å². The standard InChI is InChI=1S/C17H24N4/c1-4-13(3)12-19-16-11-15(18-5-2)20-17(21-16)14-9-7-6-8-10-14/h6-11,13H,4-5,12H2,1-3H3,(H2,18,19,20,21). The molecule has 1 atom stereocenters. The van der Waals surface area contributed by atoms with E-state index in [0.29, 0.717) is 5.92 Å². The average molecular weight is 284 g/mol. The van der Waals surface area contributed by atoms with Crippen molar-refractivity contribution in [1.29, 1.82) is 0 Å². The zero-order valence-corrected chi connectivity index (χ0v) is 13.1. The van der Waals surface area contributed by atoms with Crippen LogP contribution >= 0.6 is 0 Å². The third kappa shape index (κ3) is 4.45. The van der Waals surface area contributed by atoms with Crippen LogP contribution in [0.3, 0.4) is 0 Å². The lowest BCUT2D eigenvalue weighted by Crippen LogP contribution is -2.12. The Kier molecular flexibility index (Phi) is 5.55. The molecular weight excluding hydrogens is 260 g/mol. The molecule has 21 heavy (non-hydrogen) atoms. The van der Waals surface area contributed by atoms with E-state index in [2.05, 4.69) is 41.4 Å². The van der Waals surface area contributed by atoms with Crippen molar-refractivity contribution in [2.24, 2.45) is 5.92 Å². The number of anilines is 2. The van der Waals surface area contributed by atoms with Crippen LogP contribution in [0.15, 0.2) is 36.4 Å². The SMILES string of the molecule is CCNc1cc(NCC(C)CC)nc(-c2ccccc2)n1. The molecule has 112 valence electrons. The third-order valence-electron chi connectivity index (χ3n) is 3.44. The molecule has 2 aromatic rings. The van der Waals surface area contributed by atoms with Crippen molar-refractivity contribution >= 4 is 11.6 Å². The van der Waals surface area contributed by atoms with Crippen LogP contribution < -0.4 is 10.6 Å². The molecule has 4 heteroatoms. The van der Waals surface area contributed by atoms with Crippen LogP contribution in [0.1, 0.15) is 27.2 Å². The summed E-state index contributed by atoms with van der Waals surface area (Å²) in [6.45, 7) is 8.27. The summed E-state index contributed by atoms with van der Waals surface area (Å²) in [5.74, 6) is 3.11. The first-order valence-corrected chi connectivity index (χ1v) is 7.65. The summed E-state index contributed by atoms with van der Waals surface area (Å²) in [6.07, 6.45) is 1.16. The smallest absolute Gasteiger partial charge is 0.163 e. The highest BCUT2D eigenvalue weighted by molar-refractivity contribution is 5.61. The molecule has 0 bridgehead atoms. The lowest BCUT2D eigenvalue weighted by atomic mass is 10.1. The van der Waals surface area contributed by atoms with Gasteiger partial charge >= 0.3 is 0 Å². The van der Waals surface area contributed by atoms with Gasteiger partial charge in [-0.15, -0.1) is 0 Å². The Morgan fingerprint density at radius 2 is 1.67 bits per heavy atom. The molecule has 0 radical (unpaired) electrons. The lowest BCUT2D eigenvalue weighted by molar-refractivity contribution is 0.592. The first-order chi connectivity index (χ1) is 10.2. The number of hydrogen-bond acceptors (Lipinski definition) is 4. The molecule has 0 aliphatic carbocycles. The van der Waals surface area contributed by atoms with E-state index >= 15 is 0 Å². The summed E-state index contributed by atoms with van der Waals surface area (Å²) in [7, 11) is 0. The van der Waals surface area contributed by atoms with Gasteiger partial charge in [0.1, 0.15) is 11.6 Å². The average Bonchev–Trinajstić information content (AvgIpc) is 2.53. The summed E-state index contributed by atoms with van der Waals surface area (Å²) in [5.41, 5.74) is 1.03. The van der Waals surface area contributed by atoms with Crippen molar-refractivity contribution in [2.75, 3.05) is 23.7 Å². The highest BCUT2D eigenvalue weighted by Gasteiger charge is 2.07. The minimum absolute atomic E-state index is 0.628. The number of nitrogens with one attached hydrogen (secondary N) is 2. The van der Waals surface area contributed by atoms with Gasteiger partial charge in [0, 0.05) is 24.7 Å². The van der Waals surface area contributed by atoms with Crippen LogP contribution in [-0.2, 0) is 0 Å². The molecule has 0 saturated carbocycles. The predicted molar refractivity (Wildman–Crippen MR) is 89.6 cm³/mol. The largest absolute Gasteiger partial charge is 0.370 e. The maximum Gasteiger partial charge on any atom is 0.163 e. The van der Waals surface area contributed by atoms with Gasteiger partial charge in [0.25, 0.3) is 0 Å². The summed E-state index contributed by atoms with van der Waals surface area (Å²) in [4.78, 5) is 9.21. The fourth-order valence-corrected chi connectivity index (χ4v) is 1.95. The van der Waals surface area contributed by atoms with Crippen LogP contribution in [0.5, 0.6) is 0 Å². The molecule has 0 aliphatic heterocycles. The number of nitrogens with zero attached hydrogens (tertiary/aromatic N) is 2. The van der Waals surface area contributed by atoms with Gasteiger partial charge in [-0.1, -0.05) is 50.6 Å².